The SMILES string of the molecule is O=C(O)c1csc(CNC(=O)C2CC2c2ccc(Cl)cc2Cl)n1. The van der Waals surface area contributed by atoms with Gasteiger partial charge in [0.2, 0.25) is 5.91 Å². The van der Waals surface area contributed by atoms with E-state index in [-0.39, 0.29) is 30.0 Å². The van der Waals surface area contributed by atoms with E-state index in [9.17, 15) is 9.59 Å². The lowest BCUT2D eigenvalue weighted by Crippen LogP contribution is -2.24. The van der Waals surface area contributed by atoms with E-state index in [2.05, 4.69) is 10.3 Å². The Labute approximate surface area is 146 Å². The normalized spacial score (nSPS) is 19.4. The first-order chi connectivity index (χ1) is 11.0. The highest BCUT2D eigenvalue weighted by molar-refractivity contribution is 7.09. The molecule has 0 aliphatic heterocycles. The predicted molar refractivity (Wildman–Crippen MR) is 88.2 cm³/mol. The topological polar surface area (TPSA) is 79.3 Å². The Hall–Kier alpha value is -1.63. The summed E-state index contributed by atoms with van der Waals surface area (Å²) in [5.41, 5.74) is 0.926. The molecular weight excluding hydrogens is 359 g/mol. The molecule has 0 saturated heterocycles. The second-order valence-corrected chi connectivity index (χ2v) is 7.05. The Bertz CT molecular complexity index is 778. The number of nitrogens with one attached hydrogen (secondary N) is 1. The van der Waals surface area contributed by atoms with Gasteiger partial charge < -0.3 is 10.4 Å². The van der Waals surface area contributed by atoms with Crippen LogP contribution in [0, 0.1) is 5.92 Å². The van der Waals surface area contributed by atoms with Crippen molar-refractivity contribution in [3.63, 3.8) is 0 Å². The van der Waals surface area contributed by atoms with Gasteiger partial charge in [-0.25, -0.2) is 9.78 Å². The summed E-state index contributed by atoms with van der Waals surface area (Å²) < 4.78 is 0. The molecule has 3 rings (SSSR count). The lowest BCUT2D eigenvalue weighted by molar-refractivity contribution is -0.122. The summed E-state index contributed by atoms with van der Waals surface area (Å²) in [6.45, 7) is 0.231. The lowest BCUT2D eigenvalue weighted by Gasteiger charge is -2.05. The van der Waals surface area contributed by atoms with Crippen LogP contribution in [0.2, 0.25) is 10.0 Å². The molecule has 1 fully saturated rings. The van der Waals surface area contributed by atoms with Crippen LogP contribution in [-0.2, 0) is 11.3 Å². The van der Waals surface area contributed by atoms with Gasteiger partial charge in [-0.3, -0.25) is 4.79 Å². The standard InChI is InChI=1S/C15H12Cl2N2O3S/c16-7-1-2-8(11(17)3-7)9-4-10(9)14(20)18-5-13-19-12(6-23-13)15(21)22/h1-3,6,9-10H,4-5H2,(H,18,20)(H,21,22). The summed E-state index contributed by atoms with van der Waals surface area (Å²) in [6, 6.07) is 5.29. The molecule has 0 spiro atoms. The number of hydrogen-bond donors (Lipinski definition) is 2. The van der Waals surface area contributed by atoms with Crippen molar-refractivity contribution in [3.05, 3.63) is 49.9 Å². The second-order valence-electron chi connectivity index (χ2n) is 5.26. The van der Waals surface area contributed by atoms with Crippen molar-refractivity contribution in [1.29, 1.82) is 0 Å². The number of nitrogens with zero attached hydrogens (tertiary/aromatic N) is 1. The number of carbonyl (C=O) groups is 2. The van der Waals surface area contributed by atoms with Crippen LogP contribution in [0.15, 0.2) is 23.6 Å². The Morgan fingerprint density at radius 1 is 1.39 bits per heavy atom. The zero-order valence-electron chi connectivity index (χ0n) is 11.8. The van der Waals surface area contributed by atoms with E-state index >= 15 is 0 Å². The van der Waals surface area contributed by atoms with Gasteiger partial charge in [0.25, 0.3) is 0 Å². The first kappa shape index (κ1) is 16.2. The van der Waals surface area contributed by atoms with Crippen LogP contribution < -0.4 is 5.32 Å². The molecule has 0 bridgehead atoms. The molecule has 5 nitrogen and oxygen atoms in total. The third kappa shape index (κ3) is 3.65. The fourth-order valence-corrected chi connectivity index (χ4v) is 3.67. The monoisotopic (exact) mass is 370 g/mol. The Balaban J connectivity index is 1.56. The predicted octanol–water partition coefficient (Wildman–Crippen LogP) is 3.57. The molecule has 1 amide bonds. The third-order valence-corrected chi connectivity index (χ3v) is 5.09. The van der Waals surface area contributed by atoms with E-state index < -0.39 is 5.97 Å². The van der Waals surface area contributed by atoms with Crippen LogP contribution in [-0.4, -0.2) is 22.0 Å². The largest absolute Gasteiger partial charge is 0.476 e. The van der Waals surface area contributed by atoms with Gasteiger partial charge >= 0.3 is 5.97 Å². The molecule has 0 radical (unpaired) electrons. The first-order valence-corrected chi connectivity index (χ1v) is 8.49. The fraction of sp³-hybridized carbons (Fsp3) is 0.267. The zero-order chi connectivity index (χ0) is 16.6. The number of carbonyl (C=O) groups excluding carboxylic acids is 1. The molecule has 1 aliphatic rings. The van der Waals surface area contributed by atoms with Gasteiger partial charge in [-0.15, -0.1) is 11.3 Å². The molecule has 1 saturated carbocycles. The third-order valence-electron chi connectivity index (χ3n) is 3.67. The highest BCUT2D eigenvalue weighted by atomic mass is 35.5. The van der Waals surface area contributed by atoms with Gasteiger partial charge in [-0.2, -0.15) is 0 Å². The minimum Gasteiger partial charge on any atom is -0.476 e. The number of benzene rings is 1. The molecule has 8 heteroatoms. The lowest BCUT2D eigenvalue weighted by atomic mass is 10.1. The second kappa shape index (κ2) is 6.47. The van der Waals surface area contributed by atoms with Crippen molar-refractivity contribution in [2.75, 3.05) is 0 Å². The average Bonchev–Trinajstić information content (AvgIpc) is 3.13. The molecule has 120 valence electrons. The van der Waals surface area contributed by atoms with E-state index in [0.29, 0.717) is 15.1 Å². The number of hydrogen-bond acceptors (Lipinski definition) is 4. The van der Waals surface area contributed by atoms with Gasteiger partial charge in [0.15, 0.2) is 5.69 Å². The summed E-state index contributed by atoms with van der Waals surface area (Å²) in [5, 5.41) is 14.8. The van der Waals surface area contributed by atoms with E-state index in [1.807, 2.05) is 6.07 Å². The van der Waals surface area contributed by atoms with Crippen molar-refractivity contribution < 1.29 is 14.7 Å². The Morgan fingerprint density at radius 3 is 2.83 bits per heavy atom. The Kier molecular flexibility index (Phi) is 4.57. The summed E-state index contributed by atoms with van der Waals surface area (Å²) in [7, 11) is 0. The van der Waals surface area contributed by atoms with Crippen molar-refractivity contribution in [3.8, 4) is 0 Å². The van der Waals surface area contributed by atoms with E-state index in [1.54, 1.807) is 12.1 Å². The molecule has 23 heavy (non-hydrogen) atoms. The molecule has 2 N–H and O–H groups in total. The Morgan fingerprint density at radius 2 is 2.17 bits per heavy atom. The number of aromatic nitrogens is 1. The van der Waals surface area contributed by atoms with Gasteiger partial charge in [-0.05, 0) is 30.0 Å². The van der Waals surface area contributed by atoms with Crippen molar-refractivity contribution >= 4 is 46.4 Å². The molecule has 2 unspecified atom stereocenters. The average molecular weight is 371 g/mol. The maximum atomic E-state index is 12.2. The van der Waals surface area contributed by atoms with Crippen molar-refractivity contribution in [2.24, 2.45) is 5.92 Å². The molecular formula is C15H12Cl2N2O3S. The number of thiazole rings is 1. The number of aromatic carboxylic acids is 1. The van der Waals surface area contributed by atoms with Crippen molar-refractivity contribution in [2.45, 2.75) is 18.9 Å². The zero-order valence-corrected chi connectivity index (χ0v) is 14.1. The van der Waals surface area contributed by atoms with Crippen LogP contribution in [0.4, 0.5) is 0 Å². The summed E-state index contributed by atoms with van der Waals surface area (Å²) in [5.74, 6) is -1.16. The molecule has 2 atom stereocenters. The maximum Gasteiger partial charge on any atom is 0.355 e. The van der Waals surface area contributed by atoms with E-state index in [1.165, 1.54) is 16.7 Å². The highest BCUT2D eigenvalue weighted by Gasteiger charge is 2.44. The number of halogens is 2. The fourth-order valence-electron chi connectivity index (χ4n) is 2.41. The van der Waals surface area contributed by atoms with Crippen LogP contribution in [0.25, 0.3) is 0 Å². The number of rotatable bonds is 5. The maximum absolute atomic E-state index is 12.2. The van der Waals surface area contributed by atoms with Gasteiger partial charge in [0, 0.05) is 21.3 Å². The van der Waals surface area contributed by atoms with Crippen LogP contribution >= 0.6 is 34.5 Å². The number of carboxylic acid groups (broad SMARTS) is 1. The van der Waals surface area contributed by atoms with Gasteiger partial charge in [0.05, 0.1) is 6.54 Å². The minimum atomic E-state index is -1.07. The van der Waals surface area contributed by atoms with Gasteiger partial charge in [-0.1, -0.05) is 29.3 Å². The molecule has 1 aromatic carbocycles. The quantitative estimate of drug-likeness (QED) is 0.842. The summed E-state index contributed by atoms with van der Waals surface area (Å²) >= 11 is 13.2. The first-order valence-electron chi connectivity index (χ1n) is 6.86. The number of carboxylic acids is 1. The van der Waals surface area contributed by atoms with Crippen LogP contribution in [0.1, 0.15) is 33.4 Å². The summed E-state index contributed by atoms with van der Waals surface area (Å²) in [6.07, 6.45) is 0.741. The smallest absolute Gasteiger partial charge is 0.355 e. The van der Waals surface area contributed by atoms with Crippen LogP contribution in [0.5, 0.6) is 0 Å². The highest BCUT2D eigenvalue weighted by Crippen LogP contribution is 2.50. The molecule has 2 aromatic rings. The van der Waals surface area contributed by atoms with E-state index in [4.69, 9.17) is 28.3 Å². The summed E-state index contributed by atoms with van der Waals surface area (Å²) in [4.78, 5) is 26.9. The van der Waals surface area contributed by atoms with E-state index in [0.717, 1.165) is 12.0 Å². The molecule has 1 aromatic heterocycles. The van der Waals surface area contributed by atoms with Gasteiger partial charge in [0.1, 0.15) is 5.01 Å². The van der Waals surface area contributed by atoms with Crippen LogP contribution in [0.3, 0.4) is 0 Å². The number of amides is 1. The molecule has 1 aliphatic carbocycles. The van der Waals surface area contributed by atoms with Crippen molar-refractivity contribution in [1.82, 2.24) is 10.3 Å². The minimum absolute atomic E-state index is 0.00325. The molecule has 1 heterocycles.